The van der Waals surface area contributed by atoms with Gasteiger partial charge in [-0.25, -0.2) is 9.97 Å². The summed E-state index contributed by atoms with van der Waals surface area (Å²) in [6, 6.07) is 10.6. The Balaban J connectivity index is 2.09. The van der Waals surface area contributed by atoms with E-state index in [9.17, 15) is 4.79 Å². The van der Waals surface area contributed by atoms with Crippen molar-refractivity contribution in [2.45, 2.75) is 13.8 Å². The van der Waals surface area contributed by atoms with Crippen LogP contribution in [0, 0.1) is 13.8 Å². The fourth-order valence-electron chi connectivity index (χ4n) is 2.13. The molecule has 106 valence electrons. The Morgan fingerprint density at radius 1 is 1.05 bits per heavy atom. The van der Waals surface area contributed by atoms with Crippen LogP contribution in [-0.4, -0.2) is 19.7 Å². The van der Waals surface area contributed by atoms with E-state index < -0.39 is 0 Å². The van der Waals surface area contributed by atoms with Gasteiger partial charge in [0.1, 0.15) is 0 Å². The number of rotatable bonds is 2. The van der Waals surface area contributed by atoms with Crippen LogP contribution in [0.1, 0.15) is 11.4 Å². The molecule has 0 bridgehead atoms. The van der Waals surface area contributed by atoms with E-state index in [1.54, 1.807) is 12.1 Å². The molecule has 0 amide bonds. The van der Waals surface area contributed by atoms with Gasteiger partial charge < -0.3 is 0 Å². The summed E-state index contributed by atoms with van der Waals surface area (Å²) in [6.07, 6.45) is 0. The lowest BCUT2D eigenvalue weighted by atomic mass is 10.2. The van der Waals surface area contributed by atoms with Crippen molar-refractivity contribution in [3.63, 3.8) is 0 Å². The number of benzene rings is 1. The number of aromatic amines is 1. The highest BCUT2D eigenvalue weighted by atomic mass is 35.5. The summed E-state index contributed by atoms with van der Waals surface area (Å²) in [6.45, 7) is 3.73. The third-order valence-corrected chi connectivity index (χ3v) is 3.30. The number of nitrogens with zero attached hydrogens (tertiary/aromatic N) is 3. The average Bonchev–Trinajstić information content (AvgIpc) is 2.80. The van der Waals surface area contributed by atoms with Gasteiger partial charge in [0.15, 0.2) is 0 Å². The van der Waals surface area contributed by atoms with Gasteiger partial charge in [-0.3, -0.25) is 9.89 Å². The smallest absolute Gasteiger partial charge is 0.274 e. The van der Waals surface area contributed by atoms with E-state index in [4.69, 9.17) is 11.6 Å². The Bertz CT molecular complexity index is 829. The monoisotopic (exact) mass is 300 g/mol. The van der Waals surface area contributed by atoms with Crippen LogP contribution in [0.15, 0.2) is 41.2 Å². The van der Waals surface area contributed by atoms with E-state index in [0.29, 0.717) is 16.7 Å². The highest BCUT2D eigenvalue weighted by Crippen LogP contribution is 2.18. The van der Waals surface area contributed by atoms with Gasteiger partial charge >= 0.3 is 0 Å². The summed E-state index contributed by atoms with van der Waals surface area (Å²) < 4.78 is 1.34. The number of aryl methyl sites for hydroxylation is 2. The quantitative estimate of drug-likeness (QED) is 0.791. The molecule has 5 nitrogen and oxygen atoms in total. The Morgan fingerprint density at radius 2 is 1.67 bits per heavy atom. The summed E-state index contributed by atoms with van der Waals surface area (Å²) in [5, 5.41) is 3.68. The largest absolute Gasteiger partial charge is 0.288 e. The van der Waals surface area contributed by atoms with Crippen LogP contribution in [-0.2, 0) is 0 Å². The fraction of sp³-hybridized carbons (Fsp3) is 0.133. The molecule has 0 aliphatic rings. The average molecular weight is 301 g/mol. The van der Waals surface area contributed by atoms with Crippen LogP contribution in [0.5, 0.6) is 0 Å². The minimum Gasteiger partial charge on any atom is -0.288 e. The second-order valence-electron chi connectivity index (χ2n) is 4.80. The summed E-state index contributed by atoms with van der Waals surface area (Å²) in [4.78, 5) is 20.7. The van der Waals surface area contributed by atoms with Crippen LogP contribution in [0.3, 0.4) is 0 Å². The number of hydrogen-bond acceptors (Lipinski definition) is 3. The van der Waals surface area contributed by atoms with Gasteiger partial charge in [-0.2, -0.15) is 4.68 Å². The minimum absolute atomic E-state index is 0.204. The van der Waals surface area contributed by atoms with Crippen LogP contribution in [0.4, 0.5) is 0 Å². The number of nitrogens with one attached hydrogen (secondary N) is 1. The van der Waals surface area contributed by atoms with Crippen LogP contribution < -0.4 is 5.56 Å². The van der Waals surface area contributed by atoms with Gasteiger partial charge in [-0.05, 0) is 37.6 Å². The molecule has 21 heavy (non-hydrogen) atoms. The number of aromatic nitrogens is 4. The van der Waals surface area contributed by atoms with E-state index in [-0.39, 0.29) is 5.56 Å². The first-order valence-corrected chi connectivity index (χ1v) is 6.81. The van der Waals surface area contributed by atoms with Gasteiger partial charge in [0.05, 0.1) is 5.69 Å². The van der Waals surface area contributed by atoms with E-state index >= 15 is 0 Å². The van der Waals surface area contributed by atoms with Gasteiger partial charge in [0.2, 0.25) is 0 Å². The third-order valence-electron chi connectivity index (χ3n) is 3.05. The van der Waals surface area contributed by atoms with E-state index in [0.717, 1.165) is 17.0 Å². The van der Waals surface area contributed by atoms with Crippen molar-refractivity contribution in [3.8, 4) is 17.2 Å². The molecule has 2 heterocycles. The van der Waals surface area contributed by atoms with E-state index in [1.807, 2.05) is 32.0 Å². The highest BCUT2D eigenvalue weighted by Gasteiger charge is 2.10. The normalized spacial score (nSPS) is 10.8. The van der Waals surface area contributed by atoms with Crippen molar-refractivity contribution in [2.24, 2.45) is 0 Å². The lowest BCUT2D eigenvalue weighted by molar-refractivity contribution is 0.773. The number of halogens is 1. The molecule has 3 rings (SSSR count). The van der Waals surface area contributed by atoms with Crippen LogP contribution >= 0.6 is 11.6 Å². The Kier molecular flexibility index (Phi) is 3.35. The zero-order chi connectivity index (χ0) is 15.0. The molecule has 6 heteroatoms. The molecule has 3 aromatic rings. The molecule has 2 aromatic heterocycles. The van der Waals surface area contributed by atoms with Gasteiger partial charge in [0, 0.05) is 22.5 Å². The Morgan fingerprint density at radius 3 is 2.29 bits per heavy atom. The second kappa shape index (κ2) is 5.18. The zero-order valence-corrected chi connectivity index (χ0v) is 12.3. The molecule has 0 atom stereocenters. The lowest BCUT2D eigenvalue weighted by Crippen LogP contribution is -2.17. The van der Waals surface area contributed by atoms with Crippen LogP contribution in [0.25, 0.3) is 17.2 Å². The maximum Gasteiger partial charge on any atom is 0.274 e. The molecular formula is C15H13ClN4O. The van der Waals surface area contributed by atoms with Gasteiger partial charge in [0.25, 0.3) is 11.5 Å². The van der Waals surface area contributed by atoms with E-state index in [2.05, 4.69) is 15.1 Å². The first-order chi connectivity index (χ1) is 10.0. The standard InChI is InChI=1S/C15H13ClN4O/c1-9-7-10(2)18-15(17-9)20-14(21)8-13(19-20)11-3-5-12(16)6-4-11/h3-8,19H,1-2H3. The van der Waals surface area contributed by atoms with Crippen LogP contribution in [0.2, 0.25) is 5.02 Å². The first-order valence-electron chi connectivity index (χ1n) is 6.43. The Hall–Kier alpha value is -2.40. The minimum atomic E-state index is -0.204. The van der Waals surface area contributed by atoms with Crippen molar-refractivity contribution in [3.05, 3.63) is 63.2 Å². The molecule has 1 aromatic carbocycles. The van der Waals surface area contributed by atoms with Crippen molar-refractivity contribution >= 4 is 11.6 Å². The summed E-state index contributed by atoms with van der Waals surface area (Å²) >= 11 is 5.87. The summed E-state index contributed by atoms with van der Waals surface area (Å²) in [5.41, 5.74) is 2.99. The molecule has 0 saturated carbocycles. The van der Waals surface area contributed by atoms with Crippen molar-refractivity contribution in [1.82, 2.24) is 19.7 Å². The predicted molar refractivity (Wildman–Crippen MR) is 81.9 cm³/mol. The molecule has 1 N–H and O–H groups in total. The van der Waals surface area contributed by atoms with E-state index in [1.165, 1.54) is 10.7 Å². The molecule has 0 aliphatic heterocycles. The highest BCUT2D eigenvalue weighted by molar-refractivity contribution is 6.30. The van der Waals surface area contributed by atoms with Gasteiger partial charge in [-0.15, -0.1) is 0 Å². The van der Waals surface area contributed by atoms with Crippen molar-refractivity contribution in [2.75, 3.05) is 0 Å². The number of hydrogen-bond donors (Lipinski definition) is 1. The maximum absolute atomic E-state index is 12.1. The zero-order valence-electron chi connectivity index (χ0n) is 11.6. The first kappa shape index (κ1) is 13.6. The molecular weight excluding hydrogens is 288 g/mol. The summed E-state index contributed by atoms with van der Waals surface area (Å²) in [5.74, 6) is 0.345. The van der Waals surface area contributed by atoms with Gasteiger partial charge in [-0.1, -0.05) is 23.7 Å². The Labute approximate surface area is 126 Å². The molecule has 0 unspecified atom stereocenters. The topological polar surface area (TPSA) is 63.6 Å². The molecule has 0 aliphatic carbocycles. The second-order valence-corrected chi connectivity index (χ2v) is 5.24. The molecule has 0 fully saturated rings. The SMILES string of the molecule is Cc1cc(C)nc(-n2[nH]c(-c3ccc(Cl)cc3)cc2=O)n1. The van der Waals surface area contributed by atoms with Crippen molar-refractivity contribution < 1.29 is 0 Å². The molecule has 0 radical (unpaired) electrons. The third kappa shape index (κ3) is 2.73. The molecule has 0 saturated heterocycles. The molecule has 0 spiro atoms. The fourth-order valence-corrected chi connectivity index (χ4v) is 2.26. The summed E-state index contributed by atoms with van der Waals surface area (Å²) in [7, 11) is 0. The predicted octanol–water partition coefficient (Wildman–Crippen LogP) is 2.89. The maximum atomic E-state index is 12.1. The lowest BCUT2D eigenvalue weighted by Gasteiger charge is -2.03. The van der Waals surface area contributed by atoms with Crippen molar-refractivity contribution in [1.29, 1.82) is 0 Å². The number of H-pyrrole nitrogens is 1.